The summed E-state index contributed by atoms with van der Waals surface area (Å²) >= 11 is 0. The van der Waals surface area contributed by atoms with Crippen LogP contribution in [0.5, 0.6) is 0 Å². The molecule has 1 aliphatic rings. The molecule has 0 bridgehead atoms. The van der Waals surface area contributed by atoms with Crippen LogP contribution >= 0.6 is 21.6 Å². The highest BCUT2D eigenvalue weighted by molar-refractivity contribution is 8.77. The lowest BCUT2D eigenvalue weighted by Gasteiger charge is -2.33. The van der Waals surface area contributed by atoms with E-state index in [0.717, 1.165) is 0 Å². The van der Waals surface area contributed by atoms with Gasteiger partial charge in [-0.25, -0.2) is 4.98 Å². The average Bonchev–Trinajstić information content (AvgIpc) is 3.36. The Kier molecular flexibility index (Phi) is 11.8. The summed E-state index contributed by atoms with van der Waals surface area (Å²) in [6.07, 6.45) is 2.96. The third-order valence-corrected chi connectivity index (χ3v) is 9.38. The van der Waals surface area contributed by atoms with Crippen molar-refractivity contribution in [2.24, 2.45) is 11.7 Å². The Morgan fingerprint density at radius 2 is 1.75 bits per heavy atom. The van der Waals surface area contributed by atoms with Crippen LogP contribution in [-0.2, 0) is 35.2 Å². The zero-order valence-electron chi connectivity index (χ0n) is 23.3. The van der Waals surface area contributed by atoms with Gasteiger partial charge in [0.15, 0.2) is 0 Å². The summed E-state index contributed by atoms with van der Waals surface area (Å²) in [5.74, 6) is -4.07. The summed E-state index contributed by atoms with van der Waals surface area (Å²) in [6.45, 7) is 9.56. The normalized spacial score (nSPS) is 27.0. The Bertz CT molecular complexity index is 1100. The van der Waals surface area contributed by atoms with Gasteiger partial charge in [-0.2, -0.15) is 0 Å². The molecule has 1 aromatic heterocycles. The minimum absolute atomic E-state index is 0.0327. The van der Waals surface area contributed by atoms with Crippen molar-refractivity contribution < 1.29 is 28.8 Å². The van der Waals surface area contributed by atoms with Crippen LogP contribution in [0, 0.1) is 5.92 Å². The monoisotopic (exact) mass is 598 g/mol. The molecular formula is C24H38N8O6S2. The topological polar surface area (TPSA) is 217 Å². The van der Waals surface area contributed by atoms with E-state index in [1.807, 2.05) is 0 Å². The smallest absolute Gasteiger partial charge is 0.244 e. The number of rotatable bonds is 5. The number of carbonyl (C=O) groups excluding carboxylic acids is 6. The molecule has 0 radical (unpaired) electrons. The van der Waals surface area contributed by atoms with E-state index in [1.165, 1.54) is 48.0 Å². The SMILES string of the molecule is CC(=O)NC1CSSC(C)(C)C(C(N)=O)NC(=O)C(C(C)C)NC(=O)C(C)NC(=O)C(Cc2cnc[nH]2)NC1=O. The fraction of sp³-hybridized carbons (Fsp3) is 0.625. The van der Waals surface area contributed by atoms with E-state index in [-0.39, 0.29) is 18.1 Å². The van der Waals surface area contributed by atoms with Crippen LogP contribution in [0.2, 0.25) is 0 Å². The predicted octanol–water partition coefficient (Wildman–Crippen LogP) is -1.27. The Balaban J connectivity index is 2.46. The molecule has 2 heterocycles. The quantitative estimate of drug-likeness (QED) is 0.201. The maximum Gasteiger partial charge on any atom is 0.244 e. The third kappa shape index (κ3) is 9.43. The van der Waals surface area contributed by atoms with E-state index in [0.29, 0.717) is 5.69 Å². The molecule has 1 aliphatic heterocycles. The summed E-state index contributed by atoms with van der Waals surface area (Å²) < 4.78 is -0.948. The molecular weight excluding hydrogens is 560 g/mol. The molecule has 0 saturated carbocycles. The molecule has 1 aromatic rings. The Labute approximate surface area is 240 Å². The number of carbonyl (C=O) groups is 6. The number of primary amides is 1. The zero-order valence-corrected chi connectivity index (χ0v) is 25.0. The van der Waals surface area contributed by atoms with Crippen molar-refractivity contribution in [1.29, 1.82) is 0 Å². The fourth-order valence-corrected chi connectivity index (χ4v) is 6.67. The first kappa shape index (κ1) is 32.9. The fourth-order valence-electron chi connectivity index (χ4n) is 3.84. The number of aromatic amines is 1. The van der Waals surface area contributed by atoms with Gasteiger partial charge < -0.3 is 37.3 Å². The van der Waals surface area contributed by atoms with E-state index >= 15 is 0 Å². The molecule has 1 saturated heterocycles. The van der Waals surface area contributed by atoms with Crippen molar-refractivity contribution in [2.45, 2.75) is 82.9 Å². The van der Waals surface area contributed by atoms with Crippen LogP contribution in [0.1, 0.15) is 47.2 Å². The van der Waals surface area contributed by atoms with Gasteiger partial charge >= 0.3 is 0 Å². The van der Waals surface area contributed by atoms with Gasteiger partial charge in [-0.15, -0.1) is 0 Å². The number of nitrogens with zero attached hydrogens (tertiary/aromatic N) is 1. The molecule has 2 rings (SSSR count). The highest BCUT2D eigenvalue weighted by atomic mass is 33.1. The van der Waals surface area contributed by atoms with Crippen LogP contribution < -0.4 is 32.3 Å². The zero-order chi connectivity index (χ0) is 30.2. The maximum absolute atomic E-state index is 13.3. The maximum atomic E-state index is 13.3. The van der Waals surface area contributed by atoms with Crippen molar-refractivity contribution in [3.63, 3.8) is 0 Å². The number of amides is 6. The average molecular weight is 599 g/mol. The highest BCUT2D eigenvalue weighted by Gasteiger charge is 2.39. The van der Waals surface area contributed by atoms with Gasteiger partial charge in [-0.1, -0.05) is 35.4 Å². The molecule has 0 aromatic carbocycles. The first-order valence-corrected chi connectivity index (χ1v) is 15.0. The summed E-state index contributed by atoms with van der Waals surface area (Å²) in [5.41, 5.74) is 6.20. The van der Waals surface area contributed by atoms with Gasteiger partial charge in [0.25, 0.3) is 0 Å². The molecule has 1 fully saturated rings. The van der Waals surface area contributed by atoms with Gasteiger partial charge in [0.05, 0.1) is 6.33 Å². The van der Waals surface area contributed by atoms with Gasteiger partial charge in [-0.3, -0.25) is 28.8 Å². The second kappa shape index (κ2) is 14.4. The molecule has 5 atom stereocenters. The number of aromatic nitrogens is 2. The van der Waals surface area contributed by atoms with Crippen LogP contribution in [-0.4, -0.2) is 86.1 Å². The first-order valence-electron chi connectivity index (χ1n) is 12.7. The van der Waals surface area contributed by atoms with Crippen molar-refractivity contribution in [2.75, 3.05) is 5.75 Å². The molecule has 0 aliphatic carbocycles. The van der Waals surface area contributed by atoms with Gasteiger partial charge in [0, 0.05) is 35.7 Å². The molecule has 0 spiro atoms. The van der Waals surface area contributed by atoms with E-state index in [1.54, 1.807) is 27.7 Å². The lowest BCUT2D eigenvalue weighted by molar-refractivity contribution is -0.135. The standard InChI is InChI=1S/C24H38N8O6S2/c1-11(2)17-23(38)32-18(19(25)34)24(5,6)40-39-9-16(29-13(4)33)22(37)30-15(7-14-8-26-10-27-14)21(36)28-12(3)20(35)31-17/h8,10-12,15-18H,7,9H2,1-6H3,(H2,25,34)(H,26,27)(H,28,36)(H,29,33)(H,30,37)(H,31,35)(H,32,38). The Morgan fingerprint density at radius 3 is 2.30 bits per heavy atom. The van der Waals surface area contributed by atoms with Crippen molar-refractivity contribution >= 4 is 57.0 Å². The largest absolute Gasteiger partial charge is 0.368 e. The highest BCUT2D eigenvalue weighted by Crippen LogP contribution is 2.38. The van der Waals surface area contributed by atoms with Crippen LogP contribution in [0.25, 0.3) is 0 Å². The van der Waals surface area contributed by atoms with E-state index in [4.69, 9.17) is 5.73 Å². The van der Waals surface area contributed by atoms with Gasteiger partial charge in [0.1, 0.15) is 30.2 Å². The number of hydrogen-bond donors (Lipinski definition) is 7. The van der Waals surface area contributed by atoms with E-state index in [9.17, 15) is 28.8 Å². The van der Waals surface area contributed by atoms with Crippen LogP contribution in [0.15, 0.2) is 12.5 Å². The second-order valence-electron chi connectivity index (χ2n) is 10.4. The minimum Gasteiger partial charge on any atom is -0.368 e. The Hall–Kier alpha value is -3.27. The van der Waals surface area contributed by atoms with Gasteiger partial charge in [0.2, 0.25) is 35.4 Å². The first-order chi connectivity index (χ1) is 18.6. The summed E-state index contributed by atoms with van der Waals surface area (Å²) in [7, 11) is 2.38. The summed E-state index contributed by atoms with van der Waals surface area (Å²) in [4.78, 5) is 83.8. The minimum atomic E-state index is -1.13. The molecule has 6 amide bonds. The second-order valence-corrected chi connectivity index (χ2v) is 13.4. The predicted molar refractivity (Wildman–Crippen MR) is 151 cm³/mol. The molecule has 222 valence electrons. The van der Waals surface area contributed by atoms with Crippen LogP contribution in [0.4, 0.5) is 0 Å². The number of hydrogen-bond acceptors (Lipinski definition) is 9. The summed E-state index contributed by atoms with van der Waals surface area (Å²) in [5, 5.41) is 13.1. The molecule has 40 heavy (non-hydrogen) atoms. The molecule has 8 N–H and O–H groups in total. The van der Waals surface area contributed by atoms with Gasteiger partial charge in [-0.05, 0) is 26.7 Å². The number of nitrogens with two attached hydrogens (primary N) is 1. The lowest BCUT2D eigenvalue weighted by atomic mass is 9.99. The van der Waals surface area contributed by atoms with Crippen molar-refractivity contribution in [3.8, 4) is 0 Å². The lowest BCUT2D eigenvalue weighted by Crippen LogP contribution is -2.61. The molecule has 16 heteroatoms. The summed E-state index contributed by atoms with van der Waals surface area (Å²) in [6, 6.07) is -5.39. The molecule has 14 nitrogen and oxygen atoms in total. The van der Waals surface area contributed by atoms with E-state index < -0.39 is 70.4 Å². The Morgan fingerprint density at radius 1 is 1.07 bits per heavy atom. The van der Waals surface area contributed by atoms with Crippen LogP contribution in [0.3, 0.4) is 0 Å². The molecule has 5 unspecified atom stereocenters. The number of H-pyrrole nitrogens is 1. The van der Waals surface area contributed by atoms with Crippen molar-refractivity contribution in [1.82, 2.24) is 36.6 Å². The van der Waals surface area contributed by atoms with Crippen molar-refractivity contribution in [3.05, 3.63) is 18.2 Å². The number of imidazole rings is 1. The third-order valence-electron chi connectivity index (χ3n) is 6.08. The number of nitrogens with one attached hydrogen (secondary N) is 6. The van der Waals surface area contributed by atoms with E-state index in [2.05, 4.69) is 36.6 Å².